The Labute approximate surface area is 182 Å². The van der Waals surface area contributed by atoms with Crippen LogP contribution in [0.15, 0.2) is 65.7 Å². The van der Waals surface area contributed by atoms with Gasteiger partial charge in [-0.05, 0) is 60.4 Å². The van der Waals surface area contributed by atoms with Crippen LogP contribution in [-0.2, 0) is 15.4 Å². The number of nitrogens with zero attached hydrogens (tertiary/aromatic N) is 1. The van der Waals surface area contributed by atoms with E-state index in [1.54, 1.807) is 36.4 Å². The average molecular weight is 443 g/mol. The number of hydrogen-bond acceptors (Lipinski definition) is 4. The first-order valence-corrected chi connectivity index (χ1v) is 11.2. The molecule has 1 heterocycles. The molecule has 0 atom stereocenters. The molecule has 0 saturated heterocycles. The standard InChI is InChI=1S/C23H23ClN2O3S/c1-15-5-6-16(14-25-15)22(27)20-13-18(24)9-12-21(20)26-30(28,29)19-10-7-17(8-11-19)23(2,3)4/h5-14,26H,1-4H3. The molecule has 0 amide bonds. The fraction of sp³-hybridized carbons (Fsp3) is 0.217. The van der Waals surface area contributed by atoms with Gasteiger partial charge in [0, 0.05) is 28.0 Å². The third-order valence-corrected chi connectivity index (χ3v) is 6.29. The SMILES string of the molecule is Cc1ccc(C(=O)c2cc(Cl)ccc2NS(=O)(=O)c2ccc(C(C)(C)C)cc2)cn1. The van der Waals surface area contributed by atoms with Gasteiger partial charge in [-0.25, -0.2) is 8.42 Å². The number of hydrogen-bond donors (Lipinski definition) is 1. The van der Waals surface area contributed by atoms with Crippen molar-refractivity contribution in [2.24, 2.45) is 0 Å². The highest BCUT2D eigenvalue weighted by atomic mass is 35.5. The number of halogens is 1. The lowest BCUT2D eigenvalue weighted by atomic mass is 9.87. The molecule has 0 aliphatic rings. The number of rotatable bonds is 5. The van der Waals surface area contributed by atoms with Crippen molar-refractivity contribution in [2.75, 3.05) is 4.72 Å². The normalized spacial score (nSPS) is 11.9. The van der Waals surface area contributed by atoms with Gasteiger partial charge in [-0.2, -0.15) is 0 Å². The molecule has 0 bridgehead atoms. The average Bonchev–Trinajstić information content (AvgIpc) is 2.69. The second kappa shape index (κ2) is 8.20. The number of aryl methyl sites for hydroxylation is 1. The summed E-state index contributed by atoms with van der Waals surface area (Å²) in [5.41, 5.74) is 2.37. The predicted octanol–water partition coefficient (Wildman–Crippen LogP) is 5.37. The van der Waals surface area contributed by atoms with Gasteiger partial charge in [0.1, 0.15) is 0 Å². The Morgan fingerprint density at radius 2 is 1.67 bits per heavy atom. The number of ketones is 1. The van der Waals surface area contributed by atoms with Gasteiger partial charge in [0.2, 0.25) is 0 Å². The molecule has 0 unspecified atom stereocenters. The molecule has 0 fully saturated rings. The molecule has 1 aromatic heterocycles. The summed E-state index contributed by atoms with van der Waals surface area (Å²) >= 11 is 6.08. The molecule has 0 aliphatic heterocycles. The van der Waals surface area contributed by atoms with Gasteiger partial charge in [-0.15, -0.1) is 0 Å². The Bertz CT molecular complexity index is 1180. The van der Waals surface area contributed by atoms with Gasteiger partial charge in [0.05, 0.1) is 10.6 Å². The number of aromatic nitrogens is 1. The van der Waals surface area contributed by atoms with E-state index < -0.39 is 10.0 Å². The van der Waals surface area contributed by atoms with Gasteiger partial charge in [-0.3, -0.25) is 14.5 Å². The van der Waals surface area contributed by atoms with E-state index in [2.05, 4.69) is 30.5 Å². The van der Waals surface area contributed by atoms with Gasteiger partial charge < -0.3 is 0 Å². The minimum atomic E-state index is -3.89. The second-order valence-corrected chi connectivity index (χ2v) is 10.2. The van der Waals surface area contributed by atoms with Crippen LogP contribution in [0.3, 0.4) is 0 Å². The highest BCUT2D eigenvalue weighted by Crippen LogP contribution is 2.27. The maximum absolute atomic E-state index is 13.0. The molecular formula is C23H23ClN2O3S. The lowest BCUT2D eigenvalue weighted by molar-refractivity contribution is 0.103. The largest absolute Gasteiger partial charge is 0.288 e. The topological polar surface area (TPSA) is 76.1 Å². The van der Waals surface area contributed by atoms with Gasteiger partial charge in [0.15, 0.2) is 5.78 Å². The van der Waals surface area contributed by atoms with Crippen LogP contribution < -0.4 is 4.72 Å². The summed E-state index contributed by atoms with van der Waals surface area (Å²) < 4.78 is 28.4. The molecule has 0 radical (unpaired) electrons. The quantitative estimate of drug-likeness (QED) is 0.538. The Balaban J connectivity index is 1.96. The lowest BCUT2D eigenvalue weighted by Crippen LogP contribution is -2.17. The molecule has 0 aliphatic carbocycles. The molecule has 3 rings (SSSR count). The zero-order valence-corrected chi connectivity index (χ0v) is 18.8. The molecule has 5 nitrogen and oxygen atoms in total. The monoisotopic (exact) mass is 442 g/mol. The Morgan fingerprint density at radius 1 is 1.00 bits per heavy atom. The minimum Gasteiger partial charge on any atom is -0.288 e. The zero-order valence-electron chi connectivity index (χ0n) is 17.2. The number of pyridine rings is 1. The van der Waals surface area contributed by atoms with E-state index in [-0.39, 0.29) is 27.3 Å². The minimum absolute atomic E-state index is 0.0897. The van der Waals surface area contributed by atoms with Crippen molar-refractivity contribution in [2.45, 2.75) is 38.0 Å². The third-order valence-electron chi connectivity index (χ3n) is 4.67. The number of carbonyl (C=O) groups excluding carboxylic acids is 1. The number of carbonyl (C=O) groups is 1. The Kier molecular flexibility index (Phi) is 6.01. The summed E-state index contributed by atoms with van der Waals surface area (Å²) in [6.45, 7) is 7.99. The predicted molar refractivity (Wildman–Crippen MR) is 120 cm³/mol. The van der Waals surface area contributed by atoms with Crippen molar-refractivity contribution in [3.8, 4) is 0 Å². The number of nitrogens with one attached hydrogen (secondary N) is 1. The zero-order chi connectivity index (χ0) is 22.1. The van der Waals surface area contributed by atoms with E-state index in [0.717, 1.165) is 11.3 Å². The molecular weight excluding hydrogens is 420 g/mol. The van der Waals surface area contributed by atoms with Crippen molar-refractivity contribution in [1.29, 1.82) is 0 Å². The van der Waals surface area contributed by atoms with Crippen molar-refractivity contribution < 1.29 is 13.2 Å². The van der Waals surface area contributed by atoms with Crippen LogP contribution in [0.25, 0.3) is 0 Å². The first-order valence-electron chi connectivity index (χ1n) is 9.38. The number of benzene rings is 2. The summed E-state index contributed by atoms with van der Waals surface area (Å²) in [6.07, 6.45) is 1.46. The van der Waals surface area contributed by atoms with Crippen LogP contribution in [-0.4, -0.2) is 19.2 Å². The van der Waals surface area contributed by atoms with E-state index >= 15 is 0 Å². The van der Waals surface area contributed by atoms with E-state index in [4.69, 9.17) is 11.6 Å². The molecule has 3 aromatic rings. The molecule has 0 saturated carbocycles. The van der Waals surface area contributed by atoms with E-state index in [1.165, 1.54) is 24.4 Å². The maximum atomic E-state index is 13.0. The number of sulfonamides is 1. The molecule has 2 aromatic carbocycles. The Hall–Kier alpha value is -2.70. The van der Waals surface area contributed by atoms with Crippen molar-refractivity contribution in [1.82, 2.24) is 4.98 Å². The van der Waals surface area contributed by atoms with E-state index in [1.807, 2.05) is 6.92 Å². The summed E-state index contributed by atoms with van der Waals surface area (Å²) in [5, 5.41) is 0.330. The van der Waals surface area contributed by atoms with Gasteiger partial charge in [0.25, 0.3) is 10.0 Å². The smallest absolute Gasteiger partial charge is 0.261 e. The number of anilines is 1. The molecule has 1 N–H and O–H groups in total. The second-order valence-electron chi connectivity index (χ2n) is 8.09. The van der Waals surface area contributed by atoms with E-state index in [9.17, 15) is 13.2 Å². The van der Waals surface area contributed by atoms with Crippen molar-refractivity contribution >= 4 is 33.1 Å². The Morgan fingerprint density at radius 3 is 2.23 bits per heavy atom. The molecule has 156 valence electrons. The first kappa shape index (κ1) is 22.0. The highest BCUT2D eigenvalue weighted by Gasteiger charge is 2.21. The molecule has 30 heavy (non-hydrogen) atoms. The fourth-order valence-corrected chi connectivity index (χ4v) is 4.14. The first-order chi connectivity index (χ1) is 14.0. The molecule has 0 spiro atoms. The van der Waals surface area contributed by atoms with Crippen LogP contribution in [0.4, 0.5) is 5.69 Å². The third kappa shape index (κ3) is 4.89. The summed E-state index contributed by atoms with van der Waals surface area (Å²) in [7, 11) is -3.89. The van der Waals surface area contributed by atoms with E-state index in [0.29, 0.717) is 10.6 Å². The van der Waals surface area contributed by atoms with Gasteiger partial charge >= 0.3 is 0 Å². The van der Waals surface area contributed by atoms with Crippen LogP contribution in [0, 0.1) is 6.92 Å². The summed E-state index contributed by atoms with van der Waals surface area (Å²) in [4.78, 5) is 17.2. The van der Waals surface area contributed by atoms with Gasteiger partial charge in [-0.1, -0.05) is 44.5 Å². The van der Waals surface area contributed by atoms with Crippen LogP contribution in [0.2, 0.25) is 5.02 Å². The maximum Gasteiger partial charge on any atom is 0.261 e. The van der Waals surface area contributed by atoms with Crippen LogP contribution >= 0.6 is 11.6 Å². The van der Waals surface area contributed by atoms with Crippen molar-refractivity contribution in [3.05, 3.63) is 88.2 Å². The summed E-state index contributed by atoms with van der Waals surface area (Å²) in [6, 6.07) is 14.5. The van der Waals surface area contributed by atoms with Crippen molar-refractivity contribution in [3.63, 3.8) is 0 Å². The fourth-order valence-electron chi connectivity index (χ4n) is 2.89. The summed E-state index contributed by atoms with van der Waals surface area (Å²) in [5.74, 6) is -0.370. The van der Waals surface area contributed by atoms with Crippen LogP contribution in [0.5, 0.6) is 0 Å². The van der Waals surface area contributed by atoms with Crippen LogP contribution in [0.1, 0.15) is 48.0 Å². The molecule has 7 heteroatoms. The highest BCUT2D eigenvalue weighted by molar-refractivity contribution is 7.92. The lowest BCUT2D eigenvalue weighted by Gasteiger charge is -2.19.